The molecule has 0 saturated heterocycles. The van der Waals surface area contributed by atoms with Crippen molar-refractivity contribution >= 4 is 68.8 Å². The molecular weight excluding hydrogens is 444 g/mol. The summed E-state index contributed by atoms with van der Waals surface area (Å²) < 4.78 is 28.4. The summed E-state index contributed by atoms with van der Waals surface area (Å²) in [5.74, 6) is -0.343. The van der Waals surface area contributed by atoms with Gasteiger partial charge in [-0.15, -0.1) is 0 Å². The van der Waals surface area contributed by atoms with E-state index in [1.165, 1.54) is 0 Å². The number of ketones is 1. The van der Waals surface area contributed by atoms with Gasteiger partial charge in [0.05, 0.1) is 0 Å². The first-order valence-corrected chi connectivity index (χ1v) is 11.0. The maximum absolute atomic E-state index is 13.1. The van der Waals surface area contributed by atoms with Crippen LogP contribution >= 0.6 is 23.2 Å². The van der Waals surface area contributed by atoms with Gasteiger partial charge >= 0.3 is 10.3 Å². The Hall–Kier alpha value is -0.600. The van der Waals surface area contributed by atoms with Crippen LogP contribution in [0.15, 0.2) is 30.3 Å². The van der Waals surface area contributed by atoms with Crippen molar-refractivity contribution in [2.45, 2.75) is 46.0 Å². The molecule has 5 nitrogen and oxygen atoms in total. The smallest absolute Gasteiger partial charge is 0.370 e. The Bertz CT molecular complexity index is 988. The van der Waals surface area contributed by atoms with Crippen LogP contribution in [0.4, 0.5) is 0 Å². The van der Waals surface area contributed by atoms with Crippen molar-refractivity contribution in [1.29, 1.82) is 0 Å². The fourth-order valence-corrected chi connectivity index (χ4v) is 4.00. The Morgan fingerprint density at radius 1 is 1.03 bits per heavy atom. The Labute approximate surface area is 204 Å². The summed E-state index contributed by atoms with van der Waals surface area (Å²) >= 11 is 12.4. The number of halogens is 2. The zero-order valence-electron chi connectivity index (χ0n) is 17.1. The van der Waals surface area contributed by atoms with E-state index in [1.54, 1.807) is 30.3 Å². The maximum atomic E-state index is 13.1. The van der Waals surface area contributed by atoms with Gasteiger partial charge in [-0.25, -0.2) is 0 Å². The first kappa shape index (κ1) is 26.4. The number of hydrogen-bond donors (Lipinski definition) is 1. The molecule has 153 valence electrons. The third kappa shape index (κ3) is 6.69. The van der Waals surface area contributed by atoms with Gasteiger partial charge in [-0.1, -0.05) is 69.1 Å². The van der Waals surface area contributed by atoms with Crippen molar-refractivity contribution in [1.82, 2.24) is 0 Å². The van der Waals surface area contributed by atoms with Gasteiger partial charge < -0.3 is 4.18 Å². The molecule has 1 radical (unpaired) electrons. The van der Waals surface area contributed by atoms with E-state index in [1.807, 2.05) is 27.7 Å². The number of nitrogens with two attached hydrogens (primary N) is 1. The van der Waals surface area contributed by atoms with E-state index in [0.717, 1.165) is 0 Å². The first-order valence-electron chi connectivity index (χ1n) is 8.77. The minimum absolute atomic E-state index is 0. The molecule has 0 heterocycles. The number of Topliss-reactive ketones (excluding diaryl/α,β-unsaturated/α-hetero) is 1. The van der Waals surface area contributed by atoms with Crippen LogP contribution in [0.25, 0.3) is 0 Å². The number of benzene rings is 2. The van der Waals surface area contributed by atoms with E-state index in [2.05, 4.69) is 0 Å². The van der Waals surface area contributed by atoms with E-state index >= 15 is 0 Å². The molecule has 0 aliphatic rings. The molecule has 0 aliphatic heterocycles. The standard InChI is InChI=1S/C20H23Cl2NO4S.Na/c1-11(2)13-8-9-14(19(12(3)4)20(13)27-28(23,25)26)18(24)10-15-16(21)6-5-7-17(15)22;/h5-9,11-12H,10H2,1-4H3,(H2,23,25,26);. The molecule has 0 unspecified atom stereocenters. The quantitative estimate of drug-likeness (QED) is 0.465. The molecule has 0 aliphatic carbocycles. The Morgan fingerprint density at radius 2 is 1.59 bits per heavy atom. The van der Waals surface area contributed by atoms with Crippen LogP contribution in [0.5, 0.6) is 5.75 Å². The molecule has 0 fully saturated rings. The average Bonchev–Trinajstić information content (AvgIpc) is 2.55. The van der Waals surface area contributed by atoms with Gasteiger partial charge in [0, 0.05) is 57.2 Å². The second-order valence-electron chi connectivity index (χ2n) is 7.13. The molecule has 2 N–H and O–H groups in total. The third-order valence-electron chi connectivity index (χ3n) is 4.32. The van der Waals surface area contributed by atoms with Crippen LogP contribution in [0.3, 0.4) is 0 Å². The second kappa shape index (κ2) is 10.6. The Morgan fingerprint density at radius 3 is 2.03 bits per heavy atom. The topological polar surface area (TPSA) is 86.5 Å². The van der Waals surface area contributed by atoms with Gasteiger partial charge in [0.2, 0.25) is 0 Å². The van der Waals surface area contributed by atoms with Crippen LogP contribution in [-0.4, -0.2) is 43.8 Å². The zero-order chi connectivity index (χ0) is 21.2. The summed E-state index contributed by atoms with van der Waals surface area (Å²) in [6.07, 6.45) is -0.0198. The first-order chi connectivity index (χ1) is 12.9. The van der Waals surface area contributed by atoms with Gasteiger partial charge in [-0.05, 0) is 35.1 Å². The van der Waals surface area contributed by atoms with E-state index < -0.39 is 10.3 Å². The molecule has 29 heavy (non-hydrogen) atoms. The molecule has 2 rings (SSSR count). The molecule has 0 atom stereocenters. The van der Waals surface area contributed by atoms with Crippen LogP contribution in [-0.2, 0) is 16.7 Å². The van der Waals surface area contributed by atoms with Crippen molar-refractivity contribution in [3.8, 4) is 5.75 Å². The summed E-state index contributed by atoms with van der Waals surface area (Å²) in [6, 6.07) is 8.41. The SMILES string of the molecule is CC(C)c1ccc(C(=O)Cc2c(Cl)cccc2Cl)c(C(C)C)c1OS(N)(=O)=O.[Na]. The van der Waals surface area contributed by atoms with Crippen LogP contribution < -0.4 is 9.32 Å². The fourth-order valence-electron chi connectivity index (χ4n) is 3.05. The van der Waals surface area contributed by atoms with Gasteiger partial charge in [0.1, 0.15) is 0 Å². The van der Waals surface area contributed by atoms with E-state index in [9.17, 15) is 13.2 Å². The second-order valence-corrected chi connectivity index (χ2v) is 9.10. The number of carbonyl (C=O) groups is 1. The molecule has 0 aromatic heterocycles. The van der Waals surface area contributed by atoms with Gasteiger partial charge in [0.15, 0.2) is 11.5 Å². The van der Waals surface area contributed by atoms with Crippen LogP contribution in [0.2, 0.25) is 10.0 Å². The number of hydrogen-bond acceptors (Lipinski definition) is 4. The normalized spacial score (nSPS) is 11.5. The van der Waals surface area contributed by atoms with Crippen LogP contribution in [0.1, 0.15) is 66.6 Å². The summed E-state index contributed by atoms with van der Waals surface area (Å²) in [6.45, 7) is 7.52. The summed E-state index contributed by atoms with van der Waals surface area (Å²) in [5.41, 5.74) is 2.03. The molecule has 0 saturated carbocycles. The number of carbonyl (C=O) groups excluding carboxylic acids is 1. The van der Waals surface area contributed by atoms with Crippen molar-refractivity contribution in [3.63, 3.8) is 0 Å². The average molecular weight is 467 g/mol. The minimum Gasteiger partial charge on any atom is -0.370 e. The molecule has 0 amide bonds. The van der Waals surface area contributed by atoms with Crippen LogP contribution in [0, 0.1) is 0 Å². The monoisotopic (exact) mass is 466 g/mol. The summed E-state index contributed by atoms with van der Waals surface area (Å²) in [7, 11) is -4.26. The van der Waals surface area contributed by atoms with E-state index in [-0.39, 0.29) is 59.3 Å². The third-order valence-corrected chi connectivity index (χ3v) is 5.43. The van der Waals surface area contributed by atoms with Crippen molar-refractivity contribution in [2.75, 3.05) is 0 Å². The zero-order valence-corrected chi connectivity index (χ0v) is 21.5. The molecule has 9 heteroatoms. The minimum atomic E-state index is -4.26. The maximum Gasteiger partial charge on any atom is 0.380 e. The van der Waals surface area contributed by atoms with Gasteiger partial charge in [-0.3, -0.25) is 4.79 Å². The molecule has 0 bridgehead atoms. The van der Waals surface area contributed by atoms with Crippen molar-refractivity contribution < 1.29 is 17.4 Å². The van der Waals surface area contributed by atoms with Gasteiger partial charge in [-0.2, -0.15) is 13.6 Å². The van der Waals surface area contributed by atoms with Gasteiger partial charge in [0.25, 0.3) is 0 Å². The van der Waals surface area contributed by atoms with Crippen molar-refractivity contribution in [3.05, 3.63) is 62.6 Å². The van der Waals surface area contributed by atoms with E-state index in [4.69, 9.17) is 32.5 Å². The predicted molar refractivity (Wildman–Crippen MR) is 119 cm³/mol. The summed E-state index contributed by atoms with van der Waals surface area (Å²) in [5, 5.41) is 5.92. The Balaban J connectivity index is 0.00000420. The molecule has 0 spiro atoms. The summed E-state index contributed by atoms with van der Waals surface area (Å²) in [4.78, 5) is 13.1. The Kier molecular flexibility index (Phi) is 9.68. The fraction of sp³-hybridized carbons (Fsp3) is 0.350. The predicted octanol–water partition coefficient (Wildman–Crippen LogP) is 4.87. The molecule has 2 aromatic rings. The van der Waals surface area contributed by atoms with Crippen molar-refractivity contribution in [2.24, 2.45) is 5.14 Å². The number of rotatable bonds is 7. The largest absolute Gasteiger partial charge is 0.380 e. The van der Waals surface area contributed by atoms with E-state index in [0.29, 0.717) is 32.3 Å². The molecule has 2 aromatic carbocycles. The molecular formula is C20H23Cl2NNaO4S.